The molecular formula is C15H13NO3S2. The maximum Gasteiger partial charge on any atom is 0.325 e. The first kappa shape index (κ1) is 15.5. The molecule has 0 spiro atoms. The van der Waals surface area contributed by atoms with Gasteiger partial charge in [-0.2, -0.15) is 0 Å². The van der Waals surface area contributed by atoms with Gasteiger partial charge in [0, 0.05) is 0 Å². The van der Waals surface area contributed by atoms with E-state index in [0.29, 0.717) is 9.89 Å². The minimum Gasteiger partial charge on any atom is -0.468 e. The zero-order valence-corrected chi connectivity index (χ0v) is 12.9. The van der Waals surface area contributed by atoms with Crippen molar-refractivity contribution >= 4 is 46.3 Å². The van der Waals surface area contributed by atoms with E-state index >= 15 is 0 Å². The highest BCUT2D eigenvalue weighted by atomic mass is 32.2. The van der Waals surface area contributed by atoms with E-state index in [1.54, 1.807) is 6.08 Å². The molecule has 0 aliphatic carbocycles. The number of esters is 1. The number of thiocarbonyl (C=S) groups is 1. The number of nitrogens with zero attached hydrogens (tertiary/aromatic N) is 1. The fourth-order valence-electron chi connectivity index (χ4n) is 1.65. The highest BCUT2D eigenvalue weighted by Crippen LogP contribution is 2.31. The van der Waals surface area contributed by atoms with Gasteiger partial charge in [0.25, 0.3) is 5.24 Å². The van der Waals surface area contributed by atoms with Crippen LogP contribution in [0.15, 0.2) is 47.4 Å². The normalized spacial score (nSPS) is 17.0. The van der Waals surface area contributed by atoms with Gasteiger partial charge in [-0.1, -0.05) is 54.7 Å². The molecule has 0 aromatic heterocycles. The number of amides is 1. The number of hydrogen-bond acceptors (Lipinski definition) is 5. The molecule has 0 radical (unpaired) electrons. The van der Waals surface area contributed by atoms with Crippen molar-refractivity contribution in [2.75, 3.05) is 13.7 Å². The van der Waals surface area contributed by atoms with Crippen molar-refractivity contribution in [3.8, 4) is 0 Å². The maximum absolute atomic E-state index is 11.8. The average Bonchev–Trinajstić information content (AvgIpc) is 2.76. The third kappa shape index (κ3) is 4.03. The van der Waals surface area contributed by atoms with Gasteiger partial charge in [0.2, 0.25) is 0 Å². The van der Waals surface area contributed by atoms with Gasteiger partial charge in [-0.25, -0.2) is 0 Å². The molecular weight excluding hydrogens is 306 g/mol. The zero-order chi connectivity index (χ0) is 15.2. The lowest BCUT2D eigenvalue weighted by molar-refractivity contribution is -0.140. The van der Waals surface area contributed by atoms with Gasteiger partial charge in [-0.3, -0.25) is 14.5 Å². The maximum atomic E-state index is 11.8. The summed E-state index contributed by atoms with van der Waals surface area (Å²) in [6.45, 7) is -0.152. The van der Waals surface area contributed by atoms with E-state index < -0.39 is 5.97 Å². The van der Waals surface area contributed by atoms with Crippen molar-refractivity contribution in [2.45, 2.75) is 0 Å². The minimum absolute atomic E-state index is 0.152. The minimum atomic E-state index is -0.493. The lowest BCUT2D eigenvalue weighted by Gasteiger charge is -2.12. The first-order chi connectivity index (χ1) is 10.1. The lowest BCUT2D eigenvalue weighted by atomic mass is 10.2. The molecule has 1 aromatic rings. The van der Waals surface area contributed by atoms with Gasteiger partial charge >= 0.3 is 5.97 Å². The second-order valence-electron chi connectivity index (χ2n) is 4.14. The van der Waals surface area contributed by atoms with Crippen molar-refractivity contribution < 1.29 is 14.3 Å². The quantitative estimate of drug-likeness (QED) is 0.484. The van der Waals surface area contributed by atoms with Gasteiger partial charge < -0.3 is 4.74 Å². The van der Waals surface area contributed by atoms with Crippen LogP contribution in [0.25, 0.3) is 6.08 Å². The molecule has 108 valence electrons. The van der Waals surface area contributed by atoms with E-state index in [-0.39, 0.29) is 11.8 Å². The van der Waals surface area contributed by atoms with Crippen LogP contribution in [0.3, 0.4) is 0 Å². The van der Waals surface area contributed by atoms with E-state index in [4.69, 9.17) is 12.2 Å². The van der Waals surface area contributed by atoms with Gasteiger partial charge in [0.15, 0.2) is 0 Å². The number of thioether (sulfide) groups is 1. The van der Waals surface area contributed by atoms with Crippen LogP contribution in [0.4, 0.5) is 4.79 Å². The van der Waals surface area contributed by atoms with E-state index in [1.807, 2.05) is 42.5 Å². The number of rotatable bonds is 4. The van der Waals surface area contributed by atoms with Crippen LogP contribution in [-0.2, 0) is 9.53 Å². The fourth-order valence-corrected chi connectivity index (χ4v) is 2.85. The lowest BCUT2D eigenvalue weighted by Crippen LogP contribution is -2.33. The molecule has 0 unspecified atom stereocenters. The van der Waals surface area contributed by atoms with Gasteiger partial charge in [-0.05, 0) is 23.4 Å². The smallest absolute Gasteiger partial charge is 0.325 e. The third-order valence-corrected chi connectivity index (χ3v) is 4.24. The molecule has 0 saturated carbocycles. The molecule has 6 heteroatoms. The number of carbonyl (C=O) groups excluding carboxylic acids is 2. The third-order valence-electron chi connectivity index (χ3n) is 2.72. The van der Waals surface area contributed by atoms with E-state index in [0.717, 1.165) is 17.3 Å². The molecule has 1 saturated heterocycles. The highest BCUT2D eigenvalue weighted by molar-refractivity contribution is 8.19. The Morgan fingerprint density at radius 1 is 1.38 bits per heavy atom. The van der Waals surface area contributed by atoms with Crippen molar-refractivity contribution in [1.82, 2.24) is 4.90 Å². The second-order valence-corrected chi connectivity index (χ2v) is 5.52. The summed E-state index contributed by atoms with van der Waals surface area (Å²) in [7, 11) is 1.28. The molecule has 1 aliphatic rings. The topological polar surface area (TPSA) is 46.6 Å². The molecule has 1 fully saturated rings. The summed E-state index contributed by atoms with van der Waals surface area (Å²) in [5, 5.41) is -0.259. The summed E-state index contributed by atoms with van der Waals surface area (Å²) in [6.07, 6.45) is 5.53. The largest absolute Gasteiger partial charge is 0.468 e. The van der Waals surface area contributed by atoms with Crippen molar-refractivity contribution in [2.24, 2.45) is 0 Å². The Bertz CT molecular complexity index is 623. The van der Waals surface area contributed by atoms with Crippen LogP contribution in [0.2, 0.25) is 0 Å². The molecule has 1 aromatic carbocycles. The number of hydrogen-bond donors (Lipinski definition) is 0. The van der Waals surface area contributed by atoms with Gasteiger partial charge in [0.05, 0.1) is 12.0 Å². The SMILES string of the molecule is COC(=O)CN1C(=O)SC(=CC=Cc2ccccc2)C1=S. The Morgan fingerprint density at radius 2 is 2.10 bits per heavy atom. The fraction of sp³-hybridized carbons (Fsp3) is 0.133. The van der Waals surface area contributed by atoms with Gasteiger partial charge in [0.1, 0.15) is 11.5 Å². The van der Waals surface area contributed by atoms with E-state index in [1.165, 1.54) is 12.0 Å². The molecule has 1 aliphatic heterocycles. The summed E-state index contributed by atoms with van der Waals surface area (Å²) in [4.78, 5) is 25.3. The Morgan fingerprint density at radius 3 is 2.76 bits per heavy atom. The van der Waals surface area contributed by atoms with Crippen LogP contribution in [0.1, 0.15) is 5.56 Å². The standard InChI is InChI=1S/C15H13NO3S2/c1-19-13(17)10-16-14(20)12(21-15(16)18)9-5-8-11-6-3-2-4-7-11/h2-9H,10H2,1H3. The van der Waals surface area contributed by atoms with E-state index in [9.17, 15) is 9.59 Å². The zero-order valence-electron chi connectivity index (χ0n) is 11.3. The van der Waals surface area contributed by atoms with Crippen LogP contribution >= 0.6 is 24.0 Å². The molecule has 0 atom stereocenters. The number of benzene rings is 1. The number of carbonyl (C=O) groups is 2. The van der Waals surface area contributed by atoms with Crippen molar-refractivity contribution in [3.05, 3.63) is 53.0 Å². The van der Waals surface area contributed by atoms with Crippen LogP contribution in [0.5, 0.6) is 0 Å². The first-order valence-corrected chi connectivity index (χ1v) is 7.38. The average molecular weight is 319 g/mol. The second kappa shape index (κ2) is 7.19. The predicted molar refractivity (Wildman–Crippen MR) is 87.9 cm³/mol. The summed E-state index contributed by atoms with van der Waals surface area (Å²) in [5.41, 5.74) is 1.06. The molecule has 21 heavy (non-hydrogen) atoms. The summed E-state index contributed by atoms with van der Waals surface area (Å²) in [5.74, 6) is -0.493. The van der Waals surface area contributed by atoms with E-state index in [2.05, 4.69) is 4.74 Å². The van der Waals surface area contributed by atoms with Crippen molar-refractivity contribution in [1.29, 1.82) is 0 Å². The van der Waals surface area contributed by atoms with Gasteiger partial charge in [-0.15, -0.1) is 0 Å². The van der Waals surface area contributed by atoms with Crippen LogP contribution in [-0.4, -0.2) is 34.8 Å². The predicted octanol–water partition coefficient (Wildman–Crippen LogP) is 3.25. The Labute approximate surface area is 132 Å². The first-order valence-electron chi connectivity index (χ1n) is 6.15. The monoisotopic (exact) mass is 319 g/mol. The molecule has 4 nitrogen and oxygen atoms in total. The number of ether oxygens (including phenoxy) is 1. The molecule has 1 heterocycles. The Kier molecular flexibility index (Phi) is 5.30. The van der Waals surface area contributed by atoms with Crippen molar-refractivity contribution in [3.63, 3.8) is 0 Å². The molecule has 0 N–H and O–H groups in total. The Hall–Kier alpha value is -1.92. The van der Waals surface area contributed by atoms with Crippen LogP contribution < -0.4 is 0 Å². The summed E-state index contributed by atoms with van der Waals surface area (Å²) in [6, 6.07) is 9.79. The summed E-state index contributed by atoms with van der Waals surface area (Å²) >= 11 is 6.23. The van der Waals surface area contributed by atoms with Crippen LogP contribution in [0, 0.1) is 0 Å². The summed E-state index contributed by atoms with van der Waals surface area (Å²) < 4.78 is 4.55. The molecule has 2 rings (SSSR count). The number of methoxy groups -OCH3 is 1. The highest BCUT2D eigenvalue weighted by Gasteiger charge is 2.32. The molecule has 0 bridgehead atoms. The Balaban J connectivity index is 2.06. The number of allylic oxidation sites excluding steroid dienone is 2. The molecule has 1 amide bonds.